The number of ether oxygens (including phenoxy) is 1. The Hall–Kier alpha value is -2.69. The second kappa shape index (κ2) is 7.05. The van der Waals surface area contributed by atoms with Gasteiger partial charge in [-0.25, -0.2) is 4.79 Å². The second-order valence-electron chi connectivity index (χ2n) is 5.57. The number of amides is 2. The molecule has 0 heterocycles. The van der Waals surface area contributed by atoms with Crippen LogP contribution in [-0.2, 0) is 0 Å². The van der Waals surface area contributed by atoms with Gasteiger partial charge in [0.2, 0.25) is 0 Å². The van der Waals surface area contributed by atoms with Gasteiger partial charge in [0.25, 0.3) is 0 Å². The SMILES string of the molecule is Cc1cc(O)ccc1NC(=O)NCOc1c(C)ccc(C)c1C. The highest BCUT2D eigenvalue weighted by atomic mass is 16.5. The van der Waals surface area contributed by atoms with Crippen molar-refractivity contribution in [3.8, 4) is 11.5 Å². The molecule has 0 aliphatic rings. The Morgan fingerprint density at radius 1 is 1.04 bits per heavy atom. The van der Waals surface area contributed by atoms with Crippen molar-refractivity contribution < 1.29 is 14.6 Å². The minimum absolute atomic E-state index is 0.0775. The molecule has 0 atom stereocenters. The predicted molar refractivity (Wildman–Crippen MR) is 91.1 cm³/mol. The van der Waals surface area contributed by atoms with E-state index in [1.165, 1.54) is 6.07 Å². The van der Waals surface area contributed by atoms with Crippen molar-refractivity contribution in [2.24, 2.45) is 0 Å². The topological polar surface area (TPSA) is 70.6 Å². The lowest BCUT2D eigenvalue weighted by Crippen LogP contribution is -2.32. The standard InChI is InChI=1S/C18H22N2O3/c1-11-5-6-12(2)17(14(11)4)23-10-19-18(22)20-16-8-7-15(21)9-13(16)3/h5-9,21H,10H2,1-4H3,(H2,19,20,22). The fourth-order valence-electron chi connectivity index (χ4n) is 2.28. The molecule has 0 saturated heterocycles. The van der Waals surface area contributed by atoms with E-state index in [9.17, 15) is 9.90 Å². The number of aryl methyl sites for hydroxylation is 3. The van der Waals surface area contributed by atoms with Gasteiger partial charge >= 0.3 is 6.03 Å². The molecule has 2 amide bonds. The van der Waals surface area contributed by atoms with Crippen molar-refractivity contribution in [2.75, 3.05) is 12.0 Å². The zero-order valence-electron chi connectivity index (χ0n) is 13.9. The molecule has 2 rings (SSSR count). The number of anilines is 1. The lowest BCUT2D eigenvalue weighted by molar-refractivity contribution is 0.234. The maximum Gasteiger partial charge on any atom is 0.321 e. The van der Waals surface area contributed by atoms with Crippen LogP contribution in [0.25, 0.3) is 0 Å². The Morgan fingerprint density at radius 2 is 1.74 bits per heavy atom. The van der Waals surface area contributed by atoms with E-state index in [1.54, 1.807) is 12.1 Å². The summed E-state index contributed by atoms with van der Waals surface area (Å²) in [4.78, 5) is 11.9. The largest absolute Gasteiger partial charge is 0.508 e. The van der Waals surface area contributed by atoms with Crippen molar-refractivity contribution in [3.63, 3.8) is 0 Å². The van der Waals surface area contributed by atoms with Gasteiger partial charge in [-0.05, 0) is 68.1 Å². The summed E-state index contributed by atoms with van der Waals surface area (Å²) in [6.45, 7) is 7.88. The number of carbonyl (C=O) groups excluding carboxylic acids is 1. The average molecular weight is 314 g/mol. The Kier molecular flexibility index (Phi) is 5.11. The van der Waals surface area contributed by atoms with Crippen LogP contribution in [0.5, 0.6) is 11.5 Å². The van der Waals surface area contributed by atoms with Crippen LogP contribution in [-0.4, -0.2) is 17.9 Å². The van der Waals surface area contributed by atoms with Crippen molar-refractivity contribution in [1.29, 1.82) is 0 Å². The molecule has 0 fully saturated rings. The molecule has 122 valence electrons. The molecule has 0 aliphatic heterocycles. The third kappa shape index (κ3) is 4.16. The van der Waals surface area contributed by atoms with E-state index in [0.717, 1.165) is 28.0 Å². The number of aromatic hydroxyl groups is 1. The zero-order chi connectivity index (χ0) is 17.0. The zero-order valence-corrected chi connectivity index (χ0v) is 13.9. The Labute approximate surface area is 136 Å². The number of urea groups is 1. The molecular formula is C18H22N2O3. The van der Waals surface area contributed by atoms with Crippen molar-refractivity contribution in [3.05, 3.63) is 52.6 Å². The number of nitrogens with one attached hydrogen (secondary N) is 2. The summed E-state index contributed by atoms with van der Waals surface area (Å²) in [6.07, 6.45) is 0. The number of rotatable bonds is 4. The minimum Gasteiger partial charge on any atom is -0.508 e. The first-order valence-electron chi connectivity index (χ1n) is 7.42. The van der Waals surface area contributed by atoms with Gasteiger partial charge in [-0.2, -0.15) is 0 Å². The quantitative estimate of drug-likeness (QED) is 0.594. The number of hydrogen-bond acceptors (Lipinski definition) is 3. The highest BCUT2D eigenvalue weighted by molar-refractivity contribution is 5.90. The van der Waals surface area contributed by atoms with Gasteiger partial charge in [-0.3, -0.25) is 0 Å². The van der Waals surface area contributed by atoms with Crippen molar-refractivity contribution in [2.45, 2.75) is 27.7 Å². The molecule has 23 heavy (non-hydrogen) atoms. The van der Waals surface area contributed by atoms with E-state index in [0.29, 0.717) is 5.69 Å². The van der Waals surface area contributed by atoms with E-state index in [-0.39, 0.29) is 18.5 Å². The number of benzene rings is 2. The Balaban J connectivity index is 1.92. The predicted octanol–water partition coefficient (Wildman–Crippen LogP) is 3.78. The highest BCUT2D eigenvalue weighted by Gasteiger charge is 2.08. The average Bonchev–Trinajstić information content (AvgIpc) is 2.49. The van der Waals surface area contributed by atoms with Crippen LogP contribution in [0.3, 0.4) is 0 Å². The molecule has 0 saturated carbocycles. The first-order chi connectivity index (χ1) is 10.9. The van der Waals surface area contributed by atoms with Crippen LogP contribution < -0.4 is 15.4 Å². The summed E-state index contributed by atoms with van der Waals surface area (Å²) >= 11 is 0. The van der Waals surface area contributed by atoms with E-state index in [2.05, 4.69) is 10.6 Å². The maximum absolute atomic E-state index is 11.9. The molecule has 0 unspecified atom stereocenters. The number of carbonyl (C=O) groups is 1. The van der Waals surface area contributed by atoms with Gasteiger partial charge < -0.3 is 20.5 Å². The third-order valence-corrected chi connectivity index (χ3v) is 3.78. The molecule has 3 N–H and O–H groups in total. The molecule has 0 radical (unpaired) electrons. The summed E-state index contributed by atoms with van der Waals surface area (Å²) < 4.78 is 5.69. The first kappa shape index (κ1) is 16.7. The smallest absolute Gasteiger partial charge is 0.321 e. The van der Waals surface area contributed by atoms with Gasteiger partial charge in [-0.15, -0.1) is 0 Å². The van der Waals surface area contributed by atoms with Crippen molar-refractivity contribution >= 4 is 11.7 Å². The molecule has 2 aromatic rings. The normalized spacial score (nSPS) is 10.3. The van der Waals surface area contributed by atoms with Crippen molar-refractivity contribution in [1.82, 2.24) is 5.32 Å². The minimum atomic E-state index is -0.359. The van der Waals surface area contributed by atoms with Gasteiger partial charge in [0.05, 0.1) is 0 Å². The van der Waals surface area contributed by atoms with E-state index in [4.69, 9.17) is 4.74 Å². The van der Waals surface area contributed by atoms with Crippen LogP contribution in [0.4, 0.5) is 10.5 Å². The fraction of sp³-hybridized carbons (Fsp3) is 0.278. The van der Waals surface area contributed by atoms with E-state index >= 15 is 0 Å². The first-order valence-corrected chi connectivity index (χ1v) is 7.42. The number of hydrogen-bond donors (Lipinski definition) is 3. The Morgan fingerprint density at radius 3 is 2.43 bits per heavy atom. The molecule has 0 aromatic heterocycles. The molecular weight excluding hydrogens is 292 g/mol. The highest BCUT2D eigenvalue weighted by Crippen LogP contribution is 2.25. The summed E-state index contributed by atoms with van der Waals surface area (Å²) in [5.74, 6) is 0.966. The number of phenols is 1. The van der Waals surface area contributed by atoms with Gasteiger partial charge in [0.15, 0.2) is 6.73 Å². The molecule has 2 aromatic carbocycles. The summed E-state index contributed by atoms with van der Waals surface area (Å²) in [5.41, 5.74) is 4.68. The van der Waals surface area contributed by atoms with E-state index < -0.39 is 0 Å². The summed E-state index contributed by atoms with van der Waals surface area (Å²) in [7, 11) is 0. The number of phenolic OH excluding ortho intramolecular Hbond substituents is 1. The third-order valence-electron chi connectivity index (χ3n) is 3.78. The van der Waals surface area contributed by atoms with Crippen LogP contribution >= 0.6 is 0 Å². The summed E-state index contributed by atoms with van der Waals surface area (Å²) in [6, 6.07) is 8.45. The second-order valence-corrected chi connectivity index (χ2v) is 5.57. The van der Waals surface area contributed by atoms with Crippen LogP contribution in [0.2, 0.25) is 0 Å². The maximum atomic E-state index is 11.9. The lowest BCUT2D eigenvalue weighted by Gasteiger charge is -2.15. The van der Waals surface area contributed by atoms with Crippen LogP contribution in [0.15, 0.2) is 30.3 Å². The molecule has 5 heteroatoms. The molecule has 5 nitrogen and oxygen atoms in total. The van der Waals surface area contributed by atoms with Crippen LogP contribution in [0.1, 0.15) is 22.3 Å². The fourth-order valence-corrected chi connectivity index (χ4v) is 2.28. The molecule has 0 bridgehead atoms. The molecule has 0 spiro atoms. The molecule has 0 aliphatic carbocycles. The monoisotopic (exact) mass is 314 g/mol. The van der Waals surface area contributed by atoms with Gasteiger partial charge in [-0.1, -0.05) is 12.1 Å². The lowest BCUT2D eigenvalue weighted by atomic mass is 10.1. The van der Waals surface area contributed by atoms with Gasteiger partial charge in [0.1, 0.15) is 11.5 Å². The Bertz CT molecular complexity index is 726. The van der Waals surface area contributed by atoms with E-state index in [1.807, 2.05) is 39.8 Å². The van der Waals surface area contributed by atoms with Gasteiger partial charge in [0, 0.05) is 5.69 Å². The summed E-state index contributed by atoms with van der Waals surface area (Å²) in [5, 5.41) is 14.7. The van der Waals surface area contributed by atoms with Crippen LogP contribution in [0, 0.1) is 27.7 Å².